The van der Waals surface area contributed by atoms with Crippen LogP contribution in [0.4, 0.5) is 5.69 Å². The molecule has 0 aliphatic carbocycles. The first-order chi connectivity index (χ1) is 11.9. The van der Waals surface area contributed by atoms with Gasteiger partial charge in [0.2, 0.25) is 0 Å². The molecule has 25 heavy (non-hydrogen) atoms. The molecule has 0 unspecified atom stereocenters. The van der Waals surface area contributed by atoms with Crippen molar-refractivity contribution in [3.05, 3.63) is 52.5 Å². The van der Waals surface area contributed by atoms with Crippen LogP contribution in [0.1, 0.15) is 31.9 Å². The topological polar surface area (TPSA) is 42.5 Å². The third-order valence-electron chi connectivity index (χ3n) is 4.09. The van der Waals surface area contributed by atoms with Crippen LogP contribution in [0.15, 0.2) is 46.9 Å². The van der Waals surface area contributed by atoms with Crippen LogP contribution in [0.3, 0.4) is 0 Å². The first-order valence-corrected chi connectivity index (χ1v) is 9.26. The van der Waals surface area contributed by atoms with Crippen molar-refractivity contribution in [2.24, 2.45) is 0 Å². The van der Waals surface area contributed by atoms with Crippen molar-refractivity contribution in [2.45, 2.75) is 31.9 Å². The molecule has 1 aliphatic heterocycles. The summed E-state index contributed by atoms with van der Waals surface area (Å²) < 4.78 is 12.5. The van der Waals surface area contributed by atoms with E-state index in [0.29, 0.717) is 5.11 Å². The van der Waals surface area contributed by atoms with Crippen molar-refractivity contribution in [1.82, 2.24) is 5.32 Å². The highest BCUT2D eigenvalue weighted by molar-refractivity contribution is 9.10. The molecule has 1 aliphatic rings. The zero-order valence-corrected chi connectivity index (χ0v) is 16.8. The molecule has 2 aromatic carbocycles. The molecule has 6 heteroatoms. The van der Waals surface area contributed by atoms with Crippen molar-refractivity contribution in [3.63, 3.8) is 0 Å². The van der Waals surface area contributed by atoms with E-state index in [1.54, 1.807) is 7.11 Å². The second kappa shape index (κ2) is 7.22. The van der Waals surface area contributed by atoms with E-state index in [0.717, 1.165) is 33.6 Å². The monoisotopic (exact) mass is 420 g/mol. The van der Waals surface area contributed by atoms with Crippen LogP contribution in [0.5, 0.6) is 11.5 Å². The Hall–Kier alpha value is -1.79. The number of ether oxygens (including phenoxy) is 2. The third-order valence-corrected chi connectivity index (χ3v) is 4.83. The molecule has 0 fully saturated rings. The van der Waals surface area contributed by atoms with Gasteiger partial charge in [0.1, 0.15) is 17.1 Å². The van der Waals surface area contributed by atoms with Gasteiger partial charge in [-0.25, -0.2) is 0 Å². The van der Waals surface area contributed by atoms with Gasteiger partial charge in [-0.2, -0.15) is 0 Å². The average molecular weight is 421 g/mol. The van der Waals surface area contributed by atoms with E-state index in [1.165, 1.54) is 0 Å². The number of halogens is 1. The highest BCUT2D eigenvalue weighted by Gasteiger charge is 2.34. The molecule has 4 nitrogen and oxygen atoms in total. The lowest BCUT2D eigenvalue weighted by Crippen LogP contribution is -2.42. The van der Waals surface area contributed by atoms with Crippen LogP contribution >= 0.6 is 28.1 Å². The van der Waals surface area contributed by atoms with Gasteiger partial charge in [-0.05, 0) is 62.5 Å². The fourth-order valence-corrected chi connectivity index (χ4v) is 3.47. The molecule has 0 spiro atoms. The molecule has 0 saturated heterocycles. The summed E-state index contributed by atoms with van der Waals surface area (Å²) in [7, 11) is 1.66. The maximum atomic E-state index is 6.12. The van der Waals surface area contributed by atoms with Gasteiger partial charge in [-0.3, -0.25) is 0 Å². The van der Waals surface area contributed by atoms with E-state index in [-0.39, 0.29) is 11.6 Å². The van der Waals surface area contributed by atoms with Crippen LogP contribution in [0, 0.1) is 0 Å². The number of fused-ring (bicyclic) bond motifs is 1. The van der Waals surface area contributed by atoms with Crippen LogP contribution in [0.2, 0.25) is 0 Å². The molecule has 0 aromatic heterocycles. The lowest BCUT2D eigenvalue weighted by Gasteiger charge is -2.38. The highest BCUT2D eigenvalue weighted by atomic mass is 79.9. The summed E-state index contributed by atoms with van der Waals surface area (Å²) in [6.07, 6.45) is 0.814. The van der Waals surface area contributed by atoms with Gasteiger partial charge in [0.15, 0.2) is 5.11 Å². The van der Waals surface area contributed by atoms with E-state index >= 15 is 0 Å². The Labute approximate surface area is 162 Å². The van der Waals surface area contributed by atoms with Gasteiger partial charge in [0.05, 0.1) is 13.2 Å². The number of nitrogens with one attached hydrogen (secondary N) is 2. The maximum Gasteiger partial charge on any atom is 0.171 e. The summed E-state index contributed by atoms with van der Waals surface area (Å²) in [5.74, 6) is 1.62. The van der Waals surface area contributed by atoms with Gasteiger partial charge in [0.25, 0.3) is 0 Å². The first kappa shape index (κ1) is 18.0. The number of hydrogen-bond donors (Lipinski definition) is 2. The van der Waals surface area contributed by atoms with Gasteiger partial charge in [-0.15, -0.1) is 0 Å². The molecule has 0 saturated carbocycles. The minimum Gasteiger partial charge on any atom is -0.497 e. The molecular weight excluding hydrogens is 400 g/mol. The van der Waals surface area contributed by atoms with Crippen LogP contribution < -0.4 is 20.1 Å². The molecule has 3 rings (SSSR count). The quantitative estimate of drug-likeness (QED) is 0.680. The number of rotatable bonds is 3. The van der Waals surface area contributed by atoms with E-state index in [1.807, 2.05) is 42.5 Å². The number of anilines is 1. The standard InChI is InChI=1S/C19H21BrN2O2S/c1-19(2)11-16(15-9-8-14(23-3)10-17(15)24-19)22-18(25)21-13-6-4-12(20)5-7-13/h4-10,16H,11H2,1-3H3,(H2,21,22,25)/t16-/m0/s1. The van der Waals surface area contributed by atoms with Crippen molar-refractivity contribution in [2.75, 3.05) is 12.4 Å². The van der Waals surface area contributed by atoms with E-state index in [4.69, 9.17) is 21.7 Å². The van der Waals surface area contributed by atoms with Gasteiger partial charge in [0, 0.05) is 28.2 Å². The molecule has 0 bridgehead atoms. The predicted molar refractivity (Wildman–Crippen MR) is 109 cm³/mol. The fraction of sp³-hybridized carbons (Fsp3) is 0.316. The Morgan fingerprint density at radius 2 is 1.96 bits per heavy atom. The first-order valence-electron chi connectivity index (χ1n) is 8.06. The number of thiocarbonyl (C=S) groups is 1. The molecular formula is C19H21BrN2O2S. The Morgan fingerprint density at radius 1 is 1.24 bits per heavy atom. The molecule has 1 heterocycles. The van der Waals surface area contributed by atoms with Crippen LogP contribution in [-0.2, 0) is 0 Å². The van der Waals surface area contributed by atoms with Crippen molar-refractivity contribution >= 4 is 38.9 Å². The molecule has 0 radical (unpaired) electrons. The third kappa shape index (κ3) is 4.44. The van der Waals surface area contributed by atoms with Crippen molar-refractivity contribution < 1.29 is 9.47 Å². The second-order valence-electron chi connectivity index (χ2n) is 6.63. The molecule has 132 valence electrons. The lowest BCUT2D eigenvalue weighted by atomic mass is 9.89. The van der Waals surface area contributed by atoms with Gasteiger partial charge >= 0.3 is 0 Å². The number of methoxy groups -OCH3 is 1. The smallest absolute Gasteiger partial charge is 0.171 e. The van der Waals surface area contributed by atoms with E-state index in [9.17, 15) is 0 Å². The Bertz CT molecular complexity index is 777. The van der Waals surface area contributed by atoms with E-state index < -0.39 is 0 Å². The van der Waals surface area contributed by atoms with Crippen LogP contribution in [0.25, 0.3) is 0 Å². The minimum atomic E-state index is -0.287. The summed E-state index contributed by atoms with van der Waals surface area (Å²) in [5, 5.41) is 7.24. The normalized spacial score (nSPS) is 17.8. The molecule has 2 aromatic rings. The largest absolute Gasteiger partial charge is 0.497 e. The van der Waals surface area contributed by atoms with Gasteiger partial charge in [-0.1, -0.05) is 15.9 Å². The average Bonchev–Trinajstić information content (AvgIpc) is 2.55. The predicted octanol–water partition coefficient (Wildman–Crippen LogP) is 5.05. The summed E-state index contributed by atoms with van der Waals surface area (Å²) in [6.45, 7) is 4.16. The summed E-state index contributed by atoms with van der Waals surface area (Å²) >= 11 is 8.94. The Kier molecular flexibility index (Phi) is 5.20. The van der Waals surface area contributed by atoms with Crippen molar-refractivity contribution in [3.8, 4) is 11.5 Å². The van der Waals surface area contributed by atoms with Crippen molar-refractivity contribution in [1.29, 1.82) is 0 Å². The number of hydrogen-bond acceptors (Lipinski definition) is 3. The summed E-state index contributed by atoms with van der Waals surface area (Å²) in [6, 6.07) is 13.9. The highest BCUT2D eigenvalue weighted by Crippen LogP contribution is 2.41. The molecule has 2 N–H and O–H groups in total. The number of benzene rings is 2. The lowest BCUT2D eigenvalue weighted by molar-refractivity contribution is 0.0693. The van der Waals surface area contributed by atoms with E-state index in [2.05, 4.69) is 40.4 Å². The van der Waals surface area contributed by atoms with Gasteiger partial charge < -0.3 is 20.1 Å². The fourth-order valence-electron chi connectivity index (χ4n) is 2.95. The zero-order valence-electron chi connectivity index (χ0n) is 14.4. The Balaban J connectivity index is 1.77. The molecule has 1 atom stereocenters. The SMILES string of the molecule is COc1ccc2c(c1)OC(C)(C)C[C@@H]2NC(=S)Nc1ccc(Br)cc1. The maximum absolute atomic E-state index is 6.12. The minimum absolute atomic E-state index is 0.0695. The summed E-state index contributed by atoms with van der Waals surface area (Å²) in [5.41, 5.74) is 1.74. The summed E-state index contributed by atoms with van der Waals surface area (Å²) in [4.78, 5) is 0. The molecule has 0 amide bonds. The second-order valence-corrected chi connectivity index (χ2v) is 7.95. The van der Waals surface area contributed by atoms with Crippen LogP contribution in [-0.4, -0.2) is 17.8 Å². The zero-order chi connectivity index (χ0) is 18.0. The Morgan fingerprint density at radius 3 is 2.64 bits per heavy atom.